The van der Waals surface area contributed by atoms with Crippen LogP contribution in [0.15, 0.2) is 30.3 Å². The molecule has 0 saturated heterocycles. The van der Waals surface area contributed by atoms with Crippen molar-refractivity contribution in [2.75, 3.05) is 0 Å². The lowest BCUT2D eigenvalue weighted by Crippen LogP contribution is -2.31. The Morgan fingerprint density at radius 2 is 2.00 bits per heavy atom. The van der Waals surface area contributed by atoms with Crippen LogP contribution in [-0.4, -0.2) is 12.0 Å². The topological polar surface area (TPSA) is 33.0 Å². The molecule has 4 heteroatoms. The van der Waals surface area contributed by atoms with Gasteiger partial charge in [-0.1, -0.05) is 30.3 Å². The van der Waals surface area contributed by atoms with Crippen molar-refractivity contribution in [3.05, 3.63) is 35.9 Å². The monoisotopic (exact) mass is 211 g/mol. The Kier molecular flexibility index (Phi) is 3.75. The zero-order chi connectivity index (χ0) is 11.3. The van der Waals surface area contributed by atoms with E-state index in [0.717, 1.165) is 5.56 Å². The summed E-state index contributed by atoms with van der Waals surface area (Å²) in [6.45, 7) is 0.689. The second-order valence-corrected chi connectivity index (χ2v) is 3.26. The molecule has 0 bridgehead atoms. The molecule has 0 amide bonds. The molecule has 0 fully saturated rings. The summed E-state index contributed by atoms with van der Waals surface area (Å²) < 4.78 is 30.3. The number of ether oxygens (including phenoxy) is 1. The highest BCUT2D eigenvalue weighted by molar-refractivity contribution is 5.13. The van der Waals surface area contributed by atoms with Crippen LogP contribution < -0.4 is 0 Å². The molecule has 0 saturated carbocycles. The molecule has 0 aliphatic rings. The highest BCUT2D eigenvalue weighted by atomic mass is 19.3. The molecule has 1 aromatic rings. The van der Waals surface area contributed by atoms with Gasteiger partial charge >= 0.3 is 0 Å². The molecule has 0 aliphatic carbocycles. The molecule has 0 unspecified atom stereocenters. The molecule has 0 heterocycles. The van der Waals surface area contributed by atoms with Crippen molar-refractivity contribution in [3.63, 3.8) is 0 Å². The summed E-state index contributed by atoms with van der Waals surface area (Å²) in [6.07, 6.45) is -1.70. The molecule has 0 aromatic heterocycles. The van der Waals surface area contributed by atoms with Gasteiger partial charge in [-0.3, -0.25) is 0 Å². The van der Waals surface area contributed by atoms with E-state index in [1.807, 2.05) is 6.07 Å². The Hall–Kier alpha value is -1.47. The van der Waals surface area contributed by atoms with Crippen molar-refractivity contribution < 1.29 is 13.5 Å². The van der Waals surface area contributed by atoms with Crippen LogP contribution in [0.2, 0.25) is 0 Å². The normalized spacial score (nSPS) is 13.2. The van der Waals surface area contributed by atoms with Crippen LogP contribution >= 0.6 is 0 Å². The third-order valence-electron chi connectivity index (χ3n) is 1.84. The van der Waals surface area contributed by atoms with Crippen molar-refractivity contribution in [1.82, 2.24) is 0 Å². The van der Waals surface area contributed by atoms with Gasteiger partial charge in [0.05, 0.1) is 6.61 Å². The van der Waals surface area contributed by atoms with E-state index >= 15 is 0 Å². The number of hydrogen-bond donors (Lipinski definition) is 0. The Morgan fingerprint density at radius 1 is 1.40 bits per heavy atom. The molecule has 0 spiro atoms. The van der Waals surface area contributed by atoms with E-state index < -0.39 is 12.0 Å². The molecule has 1 atom stereocenters. The first-order valence-electron chi connectivity index (χ1n) is 4.47. The summed E-state index contributed by atoms with van der Waals surface area (Å²) in [4.78, 5) is 0. The minimum atomic E-state index is -3.14. The van der Waals surface area contributed by atoms with Crippen molar-refractivity contribution in [1.29, 1.82) is 5.26 Å². The number of halogens is 2. The number of hydrogen-bond acceptors (Lipinski definition) is 2. The average Bonchev–Trinajstić information content (AvgIpc) is 2.18. The first kappa shape index (κ1) is 11.6. The average molecular weight is 211 g/mol. The molecule has 15 heavy (non-hydrogen) atoms. The standard InChI is InChI=1S/C11H11F2NO/c1-11(12,13)10(7-14)15-8-9-5-3-2-4-6-9/h2-6,10H,8H2,1H3/t10-/m1/s1. The maximum atomic E-state index is 12.7. The number of alkyl halides is 2. The van der Waals surface area contributed by atoms with Crippen molar-refractivity contribution >= 4 is 0 Å². The van der Waals surface area contributed by atoms with Gasteiger partial charge < -0.3 is 4.74 Å². The van der Waals surface area contributed by atoms with E-state index in [4.69, 9.17) is 10.00 Å². The predicted octanol–water partition coefficient (Wildman–Crippen LogP) is 2.75. The summed E-state index contributed by atoms with van der Waals surface area (Å²) in [6, 6.07) is 10.3. The van der Waals surface area contributed by atoms with Crippen LogP contribution in [0.3, 0.4) is 0 Å². The third-order valence-corrected chi connectivity index (χ3v) is 1.84. The molecule has 1 aromatic carbocycles. The molecular weight excluding hydrogens is 200 g/mol. The van der Waals surface area contributed by atoms with Crippen LogP contribution in [-0.2, 0) is 11.3 Å². The van der Waals surface area contributed by atoms with Crippen molar-refractivity contribution in [3.8, 4) is 6.07 Å². The quantitative estimate of drug-likeness (QED) is 0.767. The lowest BCUT2D eigenvalue weighted by atomic mass is 10.2. The highest BCUT2D eigenvalue weighted by Crippen LogP contribution is 2.20. The zero-order valence-corrected chi connectivity index (χ0v) is 8.28. The van der Waals surface area contributed by atoms with Crippen molar-refractivity contribution in [2.24, 2.45) is 0 Å². The second-order valence-electron chi connectivity index (χ2n) is 3.26. The van der Waals surface area contributed by atoms with E-state index in [-0.39, 0.29) is 6.61 Å². The van der Waals surface area contributed by atoms with Crippen LogP contribution in [0.5, 0.6) is 0 Å². The summed E-state index contributed by atoms with van der Waals surface area (Å²) in [5.74, 6) is -3.14. The Bertz CT molecular complexity index is 340. The number of rotatable bonds is 4. The maximum absolute atomic E-state index is 12.7. The Morgan fingerprint density at radius 3 is 2.47 bits per heavy atom. The fourth-order valence-electron chi connectivity index (χ4n) is 1.05. The fraction of sp³-hybridized carbons (Fsp3) is 0.364. The number of nitrogens with zero attached hydrogens (tertiary/aromatic N) is 1. The van der Waals surface area contributed by atoms with Crippen LogP contribution in [0.1, 0.15) is 12.5 Å². The molecule has 0 radical (unpaired) electrons. The lowest BCUT2D eigenvalue weighted by molar-refractivity contribution is -0.104. The van der Waals surface area contributed by atoms with Gasteiger partial charge in [-0.05, 0) is 5.56 Å². The van der Waals surface area contributed by atoms with E-state index in [9.17, 15) is 8.78 Å². The minimum Gasteiger partial charge on any atom is -0.352 e. The number of nitriles is 1. The smallest absolute Gasteiger partial charge is 0.284 e. The van der Waals surface area contributed by atoms with E-state index in [1.54, 1.807) is 24.3 Å². The van der Waals surface area contributed by atoms with E-state index in [2.05, 4.69) is 0 Å². The molecule has 2 nitrogen and oxygen atoms in total. The van der Waals surface area contributed by atoms with Gasteiger partial charge in [-0.2, -0.15) is 5.26 Å². The first-order valence-corrected chi connectivity index (χ1v) is 4.47. The van der Waals surface area contributed by atoms with Gasteiger partial charge in [0, 0.05) is 6.92 Å². The second kappa shape index (κ2) is 4.85. The lowest BCUT2D eigenvalue weighted by Gasteiger charge is -2.17. The molecular formula is C11H11F2NO. The van der Waals surface area contributed by atoms with Gasteiger partial charge in [-0.25, -0.2) is 8.78 Å². The Balaban J connectivity index is 2.54. The fourth-order valence-corrected chi connectivity index (χ4v) is 1.05. The van der Waals surface area contributed by atoms with Crippen LogP contribution in [0, 0.1) is 11.3 Å². The first-order chi connectivity index (χ1) is 7.04. The summed E-state index contributed by atoms with van der Waals surface area (Å²) in [7, 11) is 0. The Labute approximate surface area is 87.1 Å². The SMILES string of the molecule is CC(F)(F)[C@@H](C#N)OCc1ccccc1. The van der Waals surface area contributed by atoms with Gasteiger partial charge in [0.1, 0.15) is 6.07 Å². The molecule has 0 N–H and O–H groups in total. The van der Waals surface area contributed by atoms with E-state index in [0.29, 0.717) is 6.92 Å². The predicted molar refractivity (Wildman–Crippen MR) is 51.3 cm³/mol. The maximum Gasteiger partial charge on any atom is 0.284 e. The summed E-state index contributed by atoms with van der Waals surface area (Å²) in [5.41, 5.74) is 0.766. The van der Waals surface area contributed by atoms with E-state index in [1.165, 1.54) is 6.07 Å². The van der Waals surface area contributed by atoms with Crippen molar-refractivity contribution in [2.45, 2.75) is 25.6 Å². The van der Waals surface area contributed by atoms with Crippen LogP contribution in [0.25, 0.3) is 0 Å². The zero-order valence-electron chi connectivity index (χ0n) is 8.28. The molecule has 0 aliphatic heterocycles. The number of benzene rings is 1. The van der Waals surface area contributed by atoms with Gasteiger partial charge in [0.15, 0.2) is 0 Å². The summed E-state index contributed by atoms with van der Waals surface area (Å²) >= 11 is 0. The van der Waals surface area contributed by atoms with Crippen LogP contribution in [0.4, 0.5) is 8.78 Å². The third kappa shape index (κ3) is 3.64. The minimum absolute atomic E-state index is 0.0164. The summed E-state index contributed by atoms with van der Waals surface area (Å²) in [5, 5.41) is 8.48. The largest absolute Gasteiger partial charge is 0.352 e. The van der Waals surface area contributed by atoms with Gasteiger partial charge in [0.2, 0.25) is 6.10 Å². The van der Waals surface area contributed by atoms with Gasteiger partial charge in [0.25, 0.3) is 5.92 Å². The highest BCUT2D eigenvalue weighted by Gasteiger charge is 2.35. The molecule has 1 rings (SSSR count). The van der Waals surface area contributed by atoms with Gasteiger partial charge in [-0.15, -0.1) is 0 Å². The molecule has 80 valence electrons.